The molecule has 0 radical (unpaired) electrons. The second-order valence-corrected chi connectivity index (χ2v) is 6.52. The molecule has 0 spiro atoms. The maximum atomic E-state index is 6.33. The van der Waals surface area contributed by atoms with E-state index in [2.05, 4.69) is 6.92 Å². The Balaban J connectivity index is 1.96. The van der Waals surface area contributed by atoms with E-state index < -0.39 is 0 Å². The van der Waals surface area contributed by atoms with Gasteiger partial charge in [0, 0.05) is 15.5 Å². The Labute approximate surface area is 133 Å². The second kappa shape index (κ2) is 5.98. The average molecular weight is 315 g/mol. The fraction of sp³-hybridized carbons (Fsp3) is 0.118. The summed E-state index contributed by atoms with van der Waals surface area (Å²) in [5.41, 5.74) is 9.46. The first-order valence-electron chi connectivity index (χ1n) is 6.69. The van der Waals surface area contributed by atoms with Crippen molar-refractivity contribution in [3.8, 4) is 11.3 Å². The number of thiazole rings is 1. The highest BCUT2D eigenvalue weighted by Crippen LogP contribution is 2.32. The van der Waals surface area contributed by atoms with E-state index >= 15 is 0 Å². The zero-order valence-corrected chi connectivity index (χ0v) is 13.2. The van der Waals surface area contributed by atoms with Gasteiger partial charge in [-0.1, -0.05) is 54.1 Å². The zero-order valence-electron chi connectivity index (χ0n) is 11.6. The van der Waals surface area contributed by atoms with Gasteiger partial charge in [0.05, 0.1) is 11.7 Å². The SMILES string of the molecule is Cc1sc(C(N)c2ccccc2)nc1-c1ccc(Cl)cc1. The maximum Gasteiger partial charge on any atom is 0.115 e. The molecule has 0 aliphatic heterocycles. The van der Waals surface area contributed by atoms with E-state index in [-0.39, 0.29) is 6.04 Å². The highest BCUT2D eigenvalue weighted by molar-refractivity contribution is 7.12. The Kier molecular flexibility index (Phi) is 4.06. The zero-order chi connectivity index (χ0) is 14.8. The Bertz CT molecular complexity index is 735. The van der Waals surface area contributed by atoms with E-state index in [0.717, 1.165) is 26.9 Å². The minimum atomic E-state index is -0.184. The number of aromatic nitrogens is 1. The molecule has 0 aliphatic rings. The summed E-state index contributed by atoms with van der Waals surface area (Å²) in [5, 5.41) is 1.66. The molecule has 1 aromatic heterocycles. The number of aryl methyl sites for hydroxylation is 1. The summed E-state index contributed by atoms with van der Waals surface area (Å²) in [5.74, 6) is 0. The van der Waals surface area contributed by atoms with E-state index in [9.17, 15) is 0 Å². The largest absolute Gasteiger partial charge is 0.318 e. The lowest BCUT2D eigenvalue weighted by molar-refractivity contribution is 0.859. The van der Waals surface area contributed by atoms with E-state index in [1.807, 2.05) is 54.6 Å². The summed E-state index contributed by atoms with van der Waals surface area (Å²) in [6.45, 7) is 2.07. The molecule has 4 heteroatoms. The minimum Gasteiger partial charge on any atom is -0.318 e. The molecule has 0 aliphatic carbocycles. The highest BCUT2D eigenvalue weighted by atomic mass is 35.5. The number of hydrogen-bond donors (Lipinski definition) is 1. The fourth-order valence-corrected chi connectivity index (χ4v) is 3.33. The number of hydrogen-bond acceptors (Lipinski definition) is 3. The first-order valence-corrected chi connectivity index (χ1v) is 7.88. The summed E-state index contributed by atoms with van der Waals surface area (Å²) < 4.78 is 0. The maximum absolute atomic E-state index is 6.33. The topological polar surface area (TPSA) is 38.9 Å². The van der Waals surface area contributed by atoms with Gasteiger partial charge in [-0.15, -0.1) is 11.3 Å². The molecular weight excluding hydrogens is 300 g/mol. The molecule has 0 bridgehead atoms. The molecule has 2 aromatic carbocycles. The molecular formula is C17H15ClN2S. The van der Waals surface area contributed by atoms with Gasteiger partial charge >= 0.3 is 0 Å². The van der Waals surface area contributed by atoms with Crippen molar-refractivity contribution < 1.29 is 0 Å². The van der Waals surface area contributed by atoms with Gasteiger partial charge in [-0.2, -0.15) is 0 Å². The first-order chi connectivity index (χ1) is 10.1. The fourth-order valence-electron chi connectivity index (χ4n) is 2.23. The molecule has 0 amide bonds. The van der Waals surface area contributed by atoms with Crippen LogP contribution in [0.2, 0.25) is 5.02 Å². The summed E-state index contributed by atoms with van der Waals surface area (Å²) >= 11 is 7.58. The summed E-state index contributed by atoms with van der Waals surface area (Å²) in [4.78, 5) is 5.90. The van der Waals surface area contributed by atoms with Crippen molar-refractivity contribution in [3.05, 3.63) is 75.1 Å². The lowest BCUT2D eigenvalue weighted by Crippen LogP contribution is -2.11. The van der Waals surface area contributed by atoms with Gasteiger partial charge in [-0.25, -0.2) is 4.98 Å². The standard InChI is InChI=1S/C17H15ClN2S/c1-11-16(13-7-9-14(18)10-8-13)20-17(21-11)15(19)12-5-3-2-4-6-12/h2-10,15H,19H2,1H3. The summed E-state index contributed by atoms with van der Waals surface area (Å²) in [7, 11) is 0. The monoisotopic (exact) mass is 314 g/mol. The van der Waals surface area contributed by atoms with Crippen LogP contribution in [0.3, 0.4) is 0 Å². The molecule has 2 N–H and O–H groups in total. The van der Waals surface area contributed by atoms with Crippen LogP contribution in [0.25, 0.3) is 11.3 Å². The number of nitrogens with zero attached hydrogens (tertiary/aromatic N) is 1. The van der Waals surface area contributed by atoms with Gasteiger partial charge < -0.3 is 5.73 Å². The Morgan fingerprint density at radius 2 is 1.71 bits per heavy atom. The molecule has 2 nitrogen and oxygen atoms in total. The van der Waals surface area contributed by atoms with Crippen molar-refractivity contribution in [2.45, 2.75) is 13.0 Å². The van der Waals surface area contributed by atoms with Crippen molar-refractivity contribution in [2.24, 2.45) is 5.73 Å². The van der Waals surface area contributed by atoms with Crippen molar-refractivity contribution in [1.29, 1.82) is 0 Å². The van der Waals surface area contributed by atoms with Crippen LogP contribution in [0, 0.1) is 6.92 Å². The summed E-state index contributed by atoms with van der Waals surface area (Å²) in [6.07, 6.45) is 0. The van der Waals surface area contributed by atoms with Gasteiger partial charge in [-0.05, 0) is 24.6 Å². The van der Waals surface area contributed by atoms with Gasteiger partial charge in [0.2, 0.25) is 0 Å². The molecule has 1 unspecified atom stereocenters. The van der Waals surface area contributed by atoms with Crippen LogP contribution in [-0.4, -0.2) is 4.98 Å². The Morgan fingerprint density at radius 1 is 1.05 bits per heavy atom. The van der Waals surface area contributed by atoms with E-state index in [1.165, 1.54) is 4.88 Å². The third-order valence-electron chi connectivity index (χ3n) is 3.36. The molecule has 106 valence electrons. The van der Waals surface area contributed by atoms with Crippen LogP contribution in [-0.2, 0) is 0 Å². The third kappa shape index (κ3) is 3.00. The molecule has 1 heterocycles. The van der Waals surface area contributed by atoms with Crippen molar-refractivity contribution in [1.82, 2.24) is 4.98 Å². The smallest absolute Gasteiger partial charge is 0.115 e. The lowest BCUT2D eigenvalue weighted by atomic mass is 10.1. The van der Waals surface area contributed by atoms with E-state index in [0.29, 0.717) is 0 Å². The van der Waals surface area contributed by atoms with Gasteiger partial charge in [0.1, 0.15) is 5.01 Å². The Morgan fingerprint density at radius 3 is 2.38 bits per heavy atom. The van der Waals surface area contributed by atoms with E-state index in [4.69, 9.17) is 22.3 Å². The normalized spacial score (nSPS) is 12.3. The second-order valence-electron chi connectivity index (χ2n) is 4.85. The molecule has 3 rings (SSSR count). The third-order valence-corrected chi connectivity index (χ3v) is 4.66. The van der Waals surface area contributed by atoms with Crippen LogP contribution < -0.4 is 5.73 Å². The van der Waals surface area contributed by atoms with Crippen LogP contribution in [0.5, 0.6) is 0 Å². The predicted octanol–water partition coefficient (Wildman–Crippen LogP) is 4.82. The quantitative estimate of drug-likeness (QED) is 0.752. The summed E-state index contributed by atoms with van der Waals surface area (Å²) in [6, 6.07) is 17.6. The van der Waals surface area contributed by atoms with Crippen molar-refractivity contribution in [3.63, 3.8) is 0 Å². The van der Waals surface area contributed by atoms with Crippen LogP contribution >= 0.6 is 22.9 Å². The van der Waals surface area contributed by atoms with Gasteiger partial charge in [-0.3, -0.25) is 0 Å². The molecule has 21 heavy (non-hydrogen) atoms. The highest BCUT2D eigenvalue weighted by Gasteiger charge is 2.16. The van der Waals surface area contributed by atoms with Gasteiger partial charge in [0.25, 0.3) is 0 Å². The molecule has 0 saturated heterocycles. The first kappa shape index (κ1) is 14.3. The lowest BCUT2D eigenvalue weighted by Gasteiger charge is -2.08. The molecule has 0 saturated carbocycles. The number of rotatable bonds is 3. The average Bonchev–Trinajstić information content (AvgIpc) is 2.90. The van der Waals surface area contributed by atoms with Crippen LogP contribution in [0.1, 0.15) is 21.5 Å². The van der Waals surface area contributed by atoms with Gasteiger partial charge in [0.15, 0.2) is 0 Å². The molecule has 3 aromatic rings. The number of halogens is 1. The molecule has 1 atom stereocenters. The molecule has 0 fully saturated rings. The van der Waals surface area contributed by atoms with Crippen molar-refractivity contribution in [2.75, 3.05) is 0 Å². The number of benzene rings is 2. The Hall–Kier alpha value is -1.68. The van der Waals surface area contributed by atoms with Crippen LogP contribution in [0.4, 0.5) is 0 Å². The van der Waals surface area contributed by atoms with Crippen LogP contribution in [0.15, 0.2) is 54.6 Å². The number of nitrogens with two attached hydrogens (primary N) is 1. The minimum absolute atomic E-state index is 0.184. The van der Waals surface area contributed by atoms with E-state index in [1.54, 1.807) is 11.3 Å². The van der Waals surface area contributed by atoms with Crippen molar-refractivity contribution >= 4 is 22.9 Å². The predicted molar refractivity (Wildman–Crippen MR) is 89.8 cm³/mol.